The van der Waals surface area contributed by atoms with Crippen LogP contribution in [0.1, 0.15) is 35.1 Å². The molecule has 1 amide bonds. The van der Waals surface area contributed by atoms with Crippen molar-refractivity contribution in [1.29, 1.82) is 0 Å². The van der Waals surface area contributed by atoms with Crippen molar-refractivity contribution in [2.45, 2.75) is 18.4 Å². The Morgan fingerprint density at radius 3 is 2.36 bits per heavy atom. The summed E-state index contributed by atoms with van der Waals surface area (Å²) in [7, 11) is 4.79. The number of hydrogen-bond donors (Lipinski definition) is 1. The lowest BCUT2D eigenvalue weighted by Gasteiger charge is -2.41. The molecule has 3 atom stereocenters. The number of benzene rings is 2. The Morgan fingerprint density at radius 1 is 1.04 bits per heavy atom. The fraction of sp³-hybridized carbons (Fsp3) is 0.318. The number of carbonyl (C=O) groups is 1. The van der Waals surface area contributed by atoms with Crippen molar-refractivity contribution in [3.63, 3.8) is 0 Å². The lowest BCUT2D eigenvalue weighted by molar-refractivity contribution is -0.124. The zero-order valence-electron chi connectivity index (χ0n) is 16.0. The first-order chi connectivity index (χ1) is 13.6. The number of nitrogens with one attached hydrogen (secondary N) is 1. The Kier molecular flexibility index (Phi) is 5.06. The number of ether oxygens (including phenoxy) is 3. The summed E-state index contributed by atoms with van der Waals surface area (Å²) in [6.45, 7) is 0. The molecule has 1 heterocycles. The van der Waals surface area contributed by atoms with Gasteiger partial charge >= 0.3 is 0 Å². The molecule has 5 nitrogen and oxygen atoms in total. The SMILES string of the molecule is COc1cc(C2CC(=O)NC3c4ccccc4C(Br)=CC23)cc(OC)c1OC. The molecular weight excluding hydrogens is 422 g/mol. The number of carbonyl (C=O) groups excluding carboxylic acids is 1. The predicted molar refractivity (Wildman–Crippen MR) is 111 cm³/mol. The minimum absolute atomic E-state index is 0.00615. The van der Waals surface area contributed by atoms with E-state index in [0.29, 0.717) is 23.7 Å². The molecule has 3 unspecified atom stereocenters. The third kappa shape index (κ3) is 3.05. The third-order valence-corrected chi connectivity index (χ3v) is 6.27. The lowest BCUT2D eigenvalue weighted by atomic mass is 9.71. The van der Waals surface area contributed by atoms with E-state index in [1.165, 1.54) is 0 Å². The summed E-state index contributed by atoms with van der Waals surface area (Å²) < 4.78 is 17.5. The Morgan fingerprint density at radius 2 is 1.71 bits per heavy atom. The van der Waals surface area contributed by atoms with Crippen LogP contribution in [0.2, 0.25) is 0 Å². The van der Waals surface area contributed by atoms with E-state index in [0.717, 1.165) is 21.2 Å². The van der Waals surface area contributed by atoms with Crippen molar-refractivity contribution in [1.82, 2.24) is 5.32 Å². The molecule has 2 aromatic rings. The number of rotatable bonds is 4. The minimum Gasteiger partial charge on any atom is -0.493 e. The first-order valence-corrected chi connectivity index (χ1v) is 9.92. The van der Waals surface area contributed by atoms with Crippen LogP contribution in [-0.2, 0) is 4.79 Å². The highest BCUT2D eigenvalue weighted by molar-refractivity contribution is 9.15. The second kappa shape index (κ2) is 7.51. The summed E-state index contributed by atoms with van der Waals surface area (Å²) in [5, 5.41) is 3.18. The van der Waals surface area contributed by atoms with E-state index in [-0.39, 0.29) is 23.8 Å². The first kappa shape index (κ1) is 18.9. The maximum Gasteiger partial charge on any atom is 0.221 e. The maximum atomic E-state index is 12.6. The van der Waals surface area contributed by atoms with Crippen LogP contribution >= 0.6 is 15.9 Å². The Bertz CT molecular complexity index is 930. The molecule has 1 aliphatic heterocycles. The number of piperidine rings is 1. The Hall–Kier alpha value is -2.47. The zero-order valence-corrected chi connectivity index (χ0v) is 17.6. The third-order valence-electron chi connectivity index (χ3n) is 5.58. The molecule has 6 heteroatoms. The van der Waals surface area contributed by atoms with Crippen molar-refractivity contribution in [2.24, 2.45) is 5.92 Å². The van der Waals surface area contributed by atoms with Crippen molar-refractivity contribution in [2.75, 3.05) is 21.3 Å². The number of methoxy groups -OCH3 is 3. The topological polar surface area (TPSA) is 56.8 Å². The average Bonchev–Trinajstić information content (AvgIpc) is 2.73. The van der Waals surface area contributed by atoms with Gasteiger partial charge in [-0.3, -0.25) is 4.79 Å². The van der Waals surface area contributed by atoms with E-state index in [9.17, 15) is 4.79 Å². The van der Waals surface area contributed by atoms with Gasteiger partial charge in [-0.05, 0) is 28.8 Å². The van der Waals surface area contributed by atoms with E-state index in [2.05, 4.69) is 39.5 Å². The van der Waals surface area contributed by atoms with E-state index in [1.54, 1.807) is 21.3 Å². The molecule has 146 valence electrons. The summed E-state index contributed by atoms with van der Waals surface area (Å²) in [5.41, 5.74) is 3.25. The molecule has 1 aliphatic carbocycles. The highest BCUT2D eigenvalue weighted by atomic mass is 79.9. The van der Waals surface area contributed by atoms with Crippen LogP contribution in [0.25, 0.3) is 4.48 Å². The van der Waals surface area contributed by atoms with Gasteiger partial charge in [0.2, 0.25) is 11.7 Å². The van der Waals surface area contributed by atoms with Crippen LogP contribution in [0.5, 0.6) is 17.2 Å². The highest BCUT2D eigenvalue weighted by Crippen LogP contribution is 2.50. The second-order valence-electron chi connectivity index (χ2n) is 6.99. The van der Waals surface area contributed by atoms with Crippen molar-refractivity contribution < 1.29 is 19.0 Å². The number of fused-ring (bicyclic) bond motifs is 3. The van der Waals surface area contributed by atoms with Crippen LogP contribution in [-0.4, -0.2) is 27.2 Å². The molecule has 2 aliphatic rings. The van der Waals surface area contributed by atoms with Crippen molar-refractivity contribution in [3.05, 3.63) is 59.2 Å². The molecule has 0 saturated carbocycles. The Labute approximate surface area is 172 Å². The van der Waals surface area contributed by atoms with Crippen LogP contribution in [0, 0.1) is 5.92 Å². The number of amides is 1. The van der Waals surface area contributed by atoms with Gasteiger partial charge < -0.3 is 19.5 Å². The fourth-order valence-corrected chi connectivity index (χ4v) is 4.96. The normalized spacial score (nSPS) is 23.1. The van der Waals surface area contributed by atoms with E-state index < -0.39 is 0 Å². The summed E-state index contributed by atoms with van der Waals surface area (Å²) in [5.74, 6) is 1.90. The monoisotopic (exact) mass is 443 g/mol. The maximum absolute atomic E-state index is 12.6. The van der Waals surface area contributed by atoms with E-state index in [4.69, 9.17) is 14.2 Å². The fourth-order valence-electron chi connectivity index (χ4n) is 4.29. The Balaban J connectivity index is 1.83. The molecule has 1 saturated heterocycles. The largest absolute Gasteiger partial charge is 0.493 e. The number of halogens is 1. The standard InChI is InChI=1S/C22H22BrNO4/c1-26-18-8-12(9-19(27-2)22(18)28-3)15-11-20(25)24-21-14-7-5-4-6-13(14)17(23)10-16(15)21/h4-10,15-16,21H,11H2,1-3H3,(H,24,25). The summed E-state index contributed by atoms with van der Waals surface area (Å²) >= 11 is 3.72. The summed E-state index contributed by atoms with van der Waals surface area (Å²) in [6, 6.07) is 12.0. The molecule has 2 aromatic carbocycles. The van der Waals surface area contributed by atoms with Crippen molar-refractivity contribution in [3.8, 4) is 17.2 Å². The van der Waals surface area contributed by atoms with Gasteiger partial charge in [0.25, 0.3) is 0 Å². The molecular formula is C22H22BrNO4. The molecule has 0 bridgehead atoms. The molecule has 0 aromatic heterocycles. The van der Waals surface area contributed by atoms with Crippen LogP contribution in [0.15, 0.2) is 42.5 Å². The van der Waals surface area contributed by atoms with E-state index in [1.807, 2.05) is 24.3 Å². The molecule has 1 fully saturated rings. The van der Waals surface area contributed by atoms with Crippen LogP contribution in [0.4, 0.5) is 0 Å². The van der Waals surface area contributed by atoms with Gasteiger partial charge in [-0.25, -0.2) is 0 Å². The van der Waals surface area contributed by atoms with Gasteiger partial charge in [0.15, 0.2) is 11.5 Å². The second-order valence-corrected chi connectivity index (χ2v) is 7.85. The predicted octanol–water partition coefficient (Wildman–Crippen LogP) is 4.42. The number of hydrogen-bond acceptors (Lipinski definition) is 4. The van der Waals surface area contributed by atoms with Gasteiger partial charge in [-0.15, -0.1) is 0 Å². The molecule has 4 rings (SSSR count). The summed E-state index contributed by atoms with van der Waals surface area (Å²) in [6.07, 6.45) is 2.61. The quantitative estimate of drug-likeness (QED) is 0.759. The van der Waals surface area contributed by atoms with Crippen molar-refractivity contribution >= 4 is 26.3 Å². The van der Waals surface area contributed by atoms with Crippen LogP contribution < -0.4 is 19.5 Å². The minimum atomic E-state index is -0.0668. The van der Waals surface area contributed by atoms with Gasteiger partial charge in [0.1, 0.15) is 0 Å². The molecule has 0 radical (unpaired) electrons. The lowest BCUT2D eigenvalue weighted by Crippen LogP contribution is -2.43. The van der Waals surface area contributed by atoms with E-state index >= 15 is 0 Å². The van der Waals surface area contributed by atoms with Gasteiger partial charge in [0.05, 0.1) is 27.4 Å². The zero-order chi connectivity index (χ0) is 19.8. The van der Waals surface area contributed by atoms with Crippen LogP contribution in [0.3, 0.4) is 0 Å². The highest BCUT2D eigenvalue weighted by Gasteiger charge is 2.41. The smallest absolute Gasteiger partial charge is 0.221 e. The van der Waals surface area contributed by atoms with Gasteiger partial charge in [-0.1, -0.05) is 46.3 Å². The molecule has 28 heavy (non-hydrogen) atoms. The average molecular weight is 444 g/mol. The summed E-state index contributed by atoms with van der Waals surface area (Å²) in [4.78, 5) is 12.6. The first-order valence-electron chi connectivity index (χ1n) is 9.13. The molecule has 0 spiro atoms. The van der Waals surface area contributed by atoms with Gasteiger partial charge in [0, 0.05) is 22.7 Å². The molecule has 1 N–H and O–H groups in total. The van der Waals surface area contributed by atoms with Gasteiger partial charge in [-0.2, -0.15) is 0 Å².